The van der Waals surface area contributed by atoms with E-state index in [4.69, 9.17) is 11.6 Å². The third-order valence-electron chi connectivity index (χ3n) is 3.12. The molecule has 2 rings (SSSR count). The van der Waals surface area contributed by atoms with Crippen LogP contribution in [0.25, 0.3) is 0 Å². The minimum absolute atomic E-state index is 0.0902. The molecule has 0 unspecified atom stereocenters. The molecule has 1 aromatic carbocycles. The second-order valence-electron chi connectivity index (χ2n) is 4.53. The molecule has 98 valence electrons. The molecule has 1 heterocycles. The summed E-state index contributed by atoms with van der Waals surface area (Å²) in [5.74, 6) is 0.956. The molecule has 0 atom stereocenters. The number of benzene rings is 1. The van der Waals surface area contributed by atoms with Crippen LogP contribution in [0.4, 0.5) is 5.69 Å². The summed E-state index contributed by atoms with van der Waals surface area (Å²) in [5.41, 5.74) is 0.835. The van der Waals surface area contributed by atoms with Gasteiger partial charge in [-0.25, -0.2) is 0 Å². The van der Waals surface area contributed by atoms with Crippen LogP contribution in [-0.4, -0.2) is 48.1 Å². The summed E-state index contributed by atoms with van der Waals surface area (Å²) in [7, 11) is 2.12. The monoisotopic (exact) mass is 267 g/mol. The highest BCUT2D eigenvalue weighted by Gasteiger charge is 2.15. The van der Waals surface area contributed by atoms with Crippen molar-refractivity contribution >= 4 is 17.3 Å². The summed E-state index contributed by atoms with van der Waals surface area (Å²) in [6.07, 6.45) is 0. The maximum Gasteiger partial charge on any atom is 0.134 e. The van der Waals surface area contributed by atoms with E-state index in [2.05, 4.69) is 28.7 Å². The number of phenolic OH excluding ortho intramolecular Hbond substituents is 1. The van der Waals surface area contributed by atoms with Gasteiger partial charge in [0, 0.05) is 31.9 Å². The number of rotatable bonds is 3. The van der Waals surface area contributed by atoms with Crippen LogP contribution in [0.5, 0.6) is 5.75 Å². The Labute approximate surface area is 112 Å². The van der Waals surface area contributed by atoms with Gasteiger partial charge < -0.3 is 20.2 Å². The molecule has 0 bridgehead atoms. The van der Waals surface area contributed by atoms with E-state index in [0.29, 0.717) is 5.02 Å². The fourth-order valence-corrected chi connectivity index (χ4v) is 2.09. The maximum absolute atomic E-state index is 9.36. The molecule has 1 fully saturated rings. The molecule has 1 aliphatic rings. The summed E-state index contributed by atoms with van der Waals surface area (Å²) in [4.78, 5) is 4.50. The van der Waals surface area contributed by atoms with Crippen LogP contribution in [-0.2, 0) is 0 Å². The van der Waals surface area contributed by atoms with Crippen molar-refractivity contribution in [2.45, 2.75) is 0 Å². The predicted molar refractivity (Wildman–Crippen MR) is 74.9 cm³/mol. The largest absolute Gasteiger partial charge is 0.506 e. The molecule has 0 radical (unpaired) electrons. The lowest BCUT2D eigenvalue weighted by Gasteiger charge is -2.35. The van der Waals surface area contributed by atoms with Crippen LogP contribution in [0, 0.1) is 0 Å². The number of halogens is 1. The van der Waals surface area contributed by atoms with Crippen LogP contribution >= 0.6 is 11.6 Å². The average molecular weight is 268 g/mol. The van der Waals surface area contributed by atoms with E-state index in [1.54, 1.807) is 18.2 Å². The molecular formula is C13H18ClN3O. The summed E-state index contributed by atoms with van der Waals surface area (Å²) >= 11 is 5.86. The van der Waals surface area contributed by atoms with Crippen molar-refractivity contribution in [1.29, 1.82) is 0 Å². The topological polar surface area (TPSA) is 38.7 Å². The third kappa shape index (κ3) is 3.09. The van der Waals surface area contributed by atoms with Crippen molar-refractivity contribution in [3.8, 4) is 5.75 Å². The number of nitrogens with zero attached hydrogens (tertiary/aromatic N) is 2. The van der Waals surface area contributed by atoms with E-state index in [9.17, 15) is 5.11 Å². The van der Waals surface area contributed by atoms with Crippen molar-refractivity contribution in [2.24, 2.45) is 0 Å². The molecule has 5 heteroatoms. The highest BCUT2D eigenvalue weighted by Crippen LogP contribution is 2.26. The molecule has 1 saturated heterocycles. The summed E-state index contributed by atoms with van der Waals surface area (Å²) in [5, 5.41) is 12.9. The van der Waals surface area contributed by atoms with E-state index >= 15 is 0 Å². The van der Waals surface area contributed by atoms with Crippen molar-refractivity contribution in [1.82, 2.24) is 9.80 Å². The first kappa shape index (κ1) is 13.1. The van der Waals surface area contributed by atoms with Crippen LogP contribution < -0.4 is 5.32 Å². The van der Waals surface area contributed by atoms with Gasteiger partial charge in [0.25, 0.3) is 0 Å². The number of piperazine rings is 1. The number of anilines is 1. The van der Waals surface area contributed by atoms with Gasteiger partial charge in [0.2, 0.25) is 0 Å². The van der Waals surface area contributed by atoms with Gasteiger partial charge in [0.1, 0.15) is 5.75 Å². The highest BCUT2D eigenvalue weighted by molar-refractivity contribution is 6.32. The zero-order valence-corrected chi connectivity index (χ0v) is 11.2. The summed E-state index contributed by atoms with van der Waals surface area (Å²) in [6.45, 7) is 8.05. The number of phenols is 1. The van der Waals surface area contributed by atoms with Crippen molar-refractivity contribution < 1.29 is 5.11 Å². The Hall–Kier alpha value is -1.39. The molecule has 1 aromatic rings. The standard InChI is InChI=1S/C13H18ClN3O/c1-10(17-7-5-16(2)6-8-17)15-11-3-4-13(18)12(14)9-11/h3-4,9,15,18H,1,5-8H2,2H3. The molecule has 4 nitrogen and oxygen atoms in total. The highest BCUT2D eigenvalue weighted by atomic mass is 35.5. The molecular weight excluding hydrogens is 250 g/mol. The molecule has 18 heavy (non-hydrogen) atoms. The van der Waals surface area contributed by atoms with E-state index < -0.39 is 0 Å². The van der Waals surface area contributed by atoms with Crippen molar-refractivity contribution in [3.63, 3.8) is 0 Å². The Morgan fingerprint density at radius 3 is 2.61 bits per heavy atom. The third-order valence-corrected chi connectivity index (χ3v) is 3.42. The number of aromatic hydroxyl groups is 1. The van der Waals surface area contributed by atoms with Crippen LogP contribution in [0.1, 0.15) is 0 Å². The lowest BCUT2D eigenvalue weighted by Crippen LogP contribution is -2.44. The molecule has 0 amide bonds. The van der Waals surface area contributed by atoms with Gasteiger partial charge in [-0.05, 0) is 25.2 Å². The fourth-order valence-electron chi connectivity index (χ4n) is 1.91. The van der Waals surface area contributed by atoms with Gasteiger partial charge in [-0.15, -0.1) is 0 Å². The van der Waals surface area contributed by atoms with Crippen molar-refractivity contribution in [3.05, 3.63) is 35.6 Å². The number of hydrogen-bond donors (Lipinski definition) is 2. The average Bonchev–Trinajstić information content (AvgIpc) is 2.34. The second-order valence-corrected chi connectivity index (χ2v) is 4.94. The minimum Gasteiger partial charge on any atom is -0.506 e. The first-order chi connectivity index (χ1) is 8.56. The van der Waals surface area contributed by atoms with Crippen LogP contribution in [0.15, 0.2) is 30.6 Å². The van der Waals surface area contributed by atoms with E-state index in [1.165, 1.54) is 0 Å². The molecule has 2 N–H and O–H groups in total. The molecule has 1 aliphatic heterocycles. The van der Waals surface area contributed by atoms with E-state index in [-0.39, 0.29) is 5.75 Å². The second kappa shape index (κ2) is 5.50. The normalized spacial score (nSPS) is 16.7. The van der Waals surface area contributed by atoms with Crippen LogP contribution in [0.2, 0.25) is 5.02 Å². The lowest BCUT2D eigenvalue weighted by atomic mass is 10.3. The Morgan fingerprint density at radius 1 is 1.33 bits per heavy atom. The van der Waals surface area contributed by atoms with Gasteiger partial charge in [-0.1, -0.05) is 18.2 Å². The first-order valence-electron chi connectivity index (χ1n) is 5.94. The number of likely N-dealkylation sites (N-methyl/N-ethyl adjacent to an activating group) is 1. The minimum atomic E-state index is 0.0902. The smallest absolute Gasteiger partial charge is 0.134 e. The molecule has 0 spiro atoms. The number of hydrogen-bond acceptors (Lipinski definition) is 4. The maximum atomic E-state index is 9.36. The quantitative estimate of drug-likeness (QED) is 0.824. The zero-order chi connectivity index (χ0) is 13.1. The lowest BCUT2D eigenvalue weighted by molar-refractivity contribution is 0.188. The molecule has 0 aromatic heterocycles. The van der Waals surface area contributed by atoms with Gasteiger partial charge in [0.15, 0.2) is 0 Å². The van der Waals surface area contributed by atoms with E-state index in [1.807, 2.05) is 0 Å². The summed E-state index contributed by atoms with van der Waals surface area (Å²) in [6, 6.07) is 5.04. The Kier molecular flexibility index (Phi) is 3.99. The fraction of sp³-hybridized carbons (Fsp3) is 0.385. The predicted octanol–water partition coefficient (Wildman–Crippen LogP) is 2.18. The molecule has 0 saturated carbocycles. The van der Waals surface area contributed by atoms with Crippen molar-refractivity contribution in [2.75, 3.05) is 38.5 Å². The van der Waals surface area contributed by atoms with Gasteiger partial charge in [-0.2, -0.15) is 0 Å². The van der Waals surface area contributed by atoms with Gasteiger partial charge >= 0.3 is 0 Å². The number of nitrogens with one attached hydrogen (secondary N) is 1. The Balaban J connectivity index is 1.96. The van der Waals surface area contributed by atoms with E-state index in [0.717, 1.165) is 37.7 Å². The summed E-state index contributed by atoms with van der Waals surface area (Å²) < 4.78 is 0. The van der Waals surface area contributed by atoms with Gasteiger partial charge in [0.05, 0.1) is 10.8 Å². The zero-order valence-electron chi connectivity index (χ0n) is 10.5. The van der Waals surface area contributed by atoms with Gasteiger partial charge in [-0.3, -0.25) is 0 Å². The SMILES string of the molecule is C=C(Nc1ccc(O)c(Cl)c1)N1CCN(C)CC1. The first-order valence-corrected chi connectivity index (χ1v) is 6.32. The van der Waals surface area contributed by atoms with Crippen LogP contribution in [0.3, 0.4) is 0 Å². The molecule has 0 aliphatic carbocycles. The Bertz CT molecular complexity index is 442. The Morgan fingerprint density at radius 2 is 2.00 bits per heavy atom.